The molecule has 320 valence electrons. The van der Waals surface area contributed by atoms with E-state index < -0.39 is 8.07 Å². The van der Waals surface area contributed by atoms with Crippen molar-refractivity contribution in [3.05, 3.63) is 199 Å². The van der Waals surface area contributed by atoms with Crippen molar-refractivity contribution in [1.82, 2.24) is 0 Å². The zero-order valence-electron chi connectivity index (χ0n) is 39.2. The van der Waals surface area contributed by atoms with Crippen LogP contribution in [0, 0.1) is 0 Å². The van der Waals surface area contributed by atoms with E-state index in [0.29, 0.717) is 0 Å². The number of hydrogen-bond acceptors (Lipinski definition) is 3. The molecule has 0 aromatic heterocycles. The van der Waals surface area contributed by atoms with Crippen molar-refractivity contribution in [1.29, 1.82) is 0 Å². The molecular weight excluding hydrogens is 804 g/mol. The number of para-hydroxylation sites is 2. The van der Waals surface area contributed by atoms with Gasteiger partial charge in [-0.05, 0) is 125 Å². The van der Waals surface area contributed by atoms with Gasteiger partial charge in [0.15, 0.2) is 8.07 Å². The van der Waals surface area contributed by atoms with Gasteiger partial charge < -0.3 is 14.5 Å². The fraction of sp³-hybridized carbons (Fsp3) is 0.200. The molecule has 0 spiro atoms. The highest BCUT2D eigenvalue weighted by Crippen LogP contribution is 2.47. The molecule has 0 saturated heterocycles. The van der Waals surface area contributed by atoms with E-state index in [1.54, 1.807) is 0 Å². The molecule has 65 heavy (non-hydrogen) atoms. The van der Waals surface area contributed by atoms with Crippen LogP contribution in [0.15, 0.2) is 182 Å². The van der Waals surface area contributed by atoms with Crippen LogP contribution in [-0.2, 0) is 16.2 Å². The predicted molar refractivity (Wildman–Crippen MR) is 280 cm³/mol. The third-order valence-electron chi connectivity index (χ3n) is 14.2. The summed E-state index contributed by atoms with van der Waals surface area (Å²) in [6.45, 7) is 21.0. The Morgan fingerprint density at radius 3 is 1.37 bits per heavy atom. The lowest BCUT2D eigenvalue weighted by Crippen LogP contribution is -2.88. The molecule has 8 aromatic rings. The third kappa shape index (κ3) is 6.45. The number of hydrogen-bond donors (Lipinski definition) is 0. The standard InChI is InChI=1S/C60H57BN2OSi/c1-58(2,3)40-30-32-45(33-31-40)63-49-34-41(59(4,5)6)36-53-56(49)61-55-50(63)38-46(62(43-22-14-10-15-23-43)44-24-16-11-17-25-44)39-52(55)64-51-35-42(60(7,8)9)37-54(57(51)61)65(53,47-26-18-12-19-27-47)48-28-20-13-21-29-48/h10-39H,1-9H3. The lowest BCUT2D eigenvalue weighted by molar-refractivity contribution is 0.484. The molecule has 3 aliphatic rings. The Morgan fingerprint density at radius 2 is 0.862 bits per heavy atom. The highest BCUT2D eigenvalue weighted by molar-refractivity contribution is 7.27. The van der Waals surface area contributed by atoms with Crippen molar-refractivity contribution in [2.45, 2.75) is 78.6 Å². The van der Waals surface area contributed by atoms with E-state index in [-0.39, 0.29) is 23.0 Å². The van der Waals surface area contributed by atoms with Crippen molar-refractivity contribution in [2.24, 2.45) is 0 Å². The number of benzene rings is 8. The van der Waals surface area contributed by atoms with Crippen molar-refractivity contribution in [2.75, 3.05) is 9.80 Å². The highest BCUT2D eigenvalue weighted by Gasteiger charge is 2.57. The Hall–Kier alpha value is -6.56. The first kappa shape index (κ1) is 41.2. The molecule has 0 unspecified atom stereocenters. The second kappa shape index (κ2) is 14.7. The fourth-order valence-corrected chi connectivity index (χ4v) is 16.2. The minimum Gasteiger partial charge on any atom is -0.458 e. The molecule has 3 heterocycles. The monoisotopic (exact) mass is 860 g/mol. The van der Waals surface area contributed by atoms with Gasteiger partial charge in [0.2, 0.25) is 0 Å². The van der Waals surface area contributed by atoms with Gasteiger partial charge in [0, 0.05) is 34.5 Å². The average molecular weight is 861 g/mol. The van der Waals surface area contributed by atoms with Gasteiger partial charge in [0.1, 0.15) is 11.5 Å². The molecule has 5 heteroatoms. The second-order valence-corrected chi connectivity index (χ2v) is 25.2. The van der Waals surface area contributed by atoms with Crippen LogP contribution in [0.4, 0.5) is 34.1 Å². The molecule has 0 N–H and O–H groups in total. The summed E-state index contributed by atoms with van der Waals surface area (Å²) in [4.78, 5) is 4.97. The molecule has 0 amide bonds. The van der Waals surface area contributed by atoms with Crippen LogP contribution >= 0.6 is 0 Å². The van der Waals surface area contributed by atoms with Crippen LogP contribution in [0.25, 0.3) is 0 Å². The zero-order valence-corrected chi connectivity index (χ0v) is 40.2. The van der Waals surface area contributed by atoms with Crippen molar-refractivity contribution in [3.63, 3.8) is 0 Å². The SMILES string of the molecule is CC(C)(C)c1ccc(N2c3cc(N(c4ccccc4)c4ccccc4)cc4c3B3c5c(cc(C(C)(C)C)cc5[Si](c5ccccc5)(c5ccccc5)c5cc(C(C)(C)C)cc2c53)O4)cc1. The summed E-state index contributed by atoms with van der Waals surface area (Å²) in [5.41, 5.74) is 14.4. The Morgan fingerprint density at radius 1 is 0.415 bits per heavy atom. The number of anilines is 6. The first-order chi connectivity index (χ1) is 31.1. The average Bonchev–Trinajstić information content (AvgIpc) is 3.29. The maximum absolute atomic E-state index is 7.61. The van der Waals surface area contributed by atoms with E-state index in [2.05, 4.69) is 254 Å². The van der Waals surface area contributed by atoms with Crippen molar-refractivity contribution < 1.29 is 4.74 Å². The summed E-state index contributed by atoms with van der Waals surface area (Å²) < 4.78 is 7.61. The number of rotatable bonds is 6. The van der Waals surface area contributed by atoms with Crippen LogP contribution in [0.3, 0.4) is 0 Å². The zero-order chi connectivity index (χ0) is 45.0. The van der Waals surface area contributed by atoms with Crippen LogP contribution < -0.4 is 51.7 Å². The number of nitrogens with zero attached hydrogens (tertiary/aromatic N) is 2. The maximum atomic E-state index is 7.61. The number of ether oxygens (including phenoxy) is 1. The van der Waals surface area contributed by atoms with Crippen LogP contribution in [0.1, 0.15) is 79.0 Å². The first-order valence-electron chi connectivity index (χ1n) is 23.3. The largest absolute Gasteiger partial charge is 0.458 e. The molecular formula is C60H57BN2OSi. The normalized spacial score (nSPS) is 14.4. The Balaban J connectivity index is 1.33. The van der Waals surface area contributed by atoms with Crippen LogP contribution in [-0.4, -0.2) is 14.8 Å². The molecule has 0 radical (unpaired) electrons. The minimum absolute atomic E-state index is 0.0121. The summed E-state index contributed by atoms with van der Waals surface area (Å²) in [5, 5.41) is 5.69. The summed E-state index contributed by atoms with van der Waals surface area (Å²) in [6, 6.07) is 68.8. The molecule has 3 nitrogen and oxygen atoms in total. The van der Waals surface area contributed by atoms with Crippen molar-refractivity contribution in [3.8, 4) is 11.5 Å². The highest BCUT2D eigenvalue weighted by atomic mass is 28.3. The van der Waals surface area contributed by atoms with Gasteiger partial charge >= 0.3 is 0 Å². The van der Waals surface area contributed by atoms with E-state index in [0.717, 1.165) is 39.9 Å². The predicted octanol–water partition coefficient (Wildman–Crippen LogP) is 11.1. The molecule has 3 aliphatic heterocycles. The Kier molecular flexibility index (Phi) is 9.33. The van der Waals surface area contributed by atoms with Gasteiger partial charge in [-0.25, -0.2) is 0 Å². The topological polar surface area (TPSA) is 15.7 Å². The first-order valence-corrected chi connectivity index (χ1v) is 25.3. The lowest BCUT2D eigenvalue weighted by atomic mass is 9.33. The van der Waals surface area contributed by atoms with E-state index >= 15 is 0 Å². The molecule has 0 aliphatic carbocycles. The summed E-state index contributed by atoms with van der Waals surface area (Å²) in [6.07, 6.45) is 0. The van der Waals surface area contributed by atoms with E-state index in [9.17, 15) is 0 Å². The van der Waals surface area contributed by atoms with Crippen LogP contribution in [0.2, 0.25) is 0 Å². The summed E-state index contributed by atoms with van der Waals surface area (Å²) in [7, 11) is -3.07. The van der Waals surface area contributed by atoms with Gasteiger partial charge in [-0.3, -0.25) is 0 Å². The molecule has 8 aromatic carbocycles. The minimum atomic E-state index is -3.07. The molecule has 0 atom stereocenters. The van der Waals surface area contributed by atoms with Crippen LogP contribution in [0.5, 0.6) is 11.5 Å². The third-order valence-corrected chi connectivity index (χ3v) is 19.0. The fourth-order valence-electron chi connectivity index (χ4n) is 10.9. The maximum Gasteiger partial charge on any atom is 0.256 e. The van der Waals surface area contributed by atoms with Crippen molar-refractivity contribution >= 4 is 86.0 Å². The summed E-state index contributed by atoms with van der Waals surface area (Å²) >= 11 is 0. The lowest BCUT2D eigenvalue weighted by Gasteiger charge is -2.50. The van der Waals surface area contributed by atoms with Gasteiger partial charge in [-0.1, -0.05) is 184 Å². The van der Waals surface area contributed by atoms with Gasteiger partial charge in [-0.2, -0.15) is 0 Å². The quantitative estimate of drug-likeness (QED) is 0.155. The molecule has 0 bridgehead atoms. The second-order valence-electron chi connectivity index (χ2n) is 21.4. The van der Waals surface area contributed by atoms with Gasteiger partial charge in [-0.15, -0.1) is 0 Å². The van der Waals surface area contributed by atoms with Gasteiger partial charge in [0.25, 0.3) is 6.71 Å². The molecule has 0 fully saturated rings. The summed E-state index contributed by atoms with van der Waals surface area (Å²) in [5.74, 6) is 1.88. The van der Waals surface area contributed by atoms with E-state index in [1.165, 1.54) is 59.5 Å². The molecule has 0 saturated carbocycles. The molecule has 11 rings (SSSR count). The Labute approximate surface area is 387 Å². The smallest absolute Gasteiger partial charge is 0.256 e. The van der Waals surface area contributed by atoms with E-state index in [1.807, 2.05) is 0 Å². The van der Waals surface area contributed by atoms with Gasteiger partial charge in [0.05, 0.1) is 5.69 Å². The Bertz CT molecular complexity index is 3030. The van der Waals surface area contributed by atoms with E-state index in [4.69, 9.17) is 4.74 Å².